The van der Waals surface area contributed by atoms with Gasteiger partial charge in [0.15, 0.2) is 0 Å². The molecule has 1 aromatic heterocycles. The van der Waals surface area contributed by atoms with Gasteiger partial charge in [-0.05, 0) is 47.6 Å². The summed E-state index contributed by atoms with van der Waals surface area (Å²) in [6.07, 6.45) is -3.55. The predicted octanol–water partition coefficient (Wildman–Crippen LogP) is 8.07. The van der Waals surface area contributed by atoms with Crippen LogP contribution in [-0.2, 0) is 24.0 Å². The van der Waals surface area contributed by atoms with Crippen molar-refractivity contribution in [3.63, 3.8) is 0 Å². The van der Waals surface area contributed by atoms with E-state index < -0.39 is 28.9 Å². The Kier molecular flexibility index (Phi) is 9.94. The molecule has 0 aliphatic carbocycles. The molecule has 10 heteroatoms. The van der Waals surface area contributed by atoms with E-state index in [1.54, 1.807) is 20.8 Å². The standard InChI is InChI=1S/C34H34F4N2O4/c1-5-43-29-16-30(44-19-22-9-7-6-8-10-22)39-18-26(29)25-13-11-23(15-27(25)35)31-28(40-21(2)42)14-12-24(17-33(3,4)20-41)32(31)34(36,37)38/h6-16,18,41H,5,17,19-20H2,1-4H3,(H,40,42). The maximum atomic E-state index is 15.8. The number of nitrogens with one attached hydrogen (secondary N) is 1. The highest BCUT2D eigenvalue weighted by molar-refractivity contribution is 5.96. The maximum absolute atomic E-state index is 15.8. The zero-order valence-electron chi connectivity index (χ0n) is 24.9. The summed E-state index contributed by atoms with van der Waals surface area (Å²) in [5.74, 6) is -0.844. The minimum absolute atomic E-state index is 0.0616. The topological polar surface area (TPSA) is 80.7 Å². The van der Waals surface area contributed by atoms with E-state index in [0.29, 0.717) is 11.3 Å². The largest absolute Gasteiger partial charge is 0.493 e. The van der Waals surface area contributed by atoms with Crippen molar-refractivity contribution in [3.8, 4) is 33.9 Å². The van der Waals surface area contributed by atoms with Crippen molar-refractivity contribution >= 4 is 11.6 Å². The van der Waals surface area contributed by atoms with E-state index >= 15 is 4.39 Å². The Hall–Kier alpha value is -4.44. The number of hydrogen-bond donors (Lipinski definition) is 2. The van der Waals surface area contributed by atoms with Gasteiger partial charge >= 0.3 is 6.18 Å². The highest BCUT2D eigenvalue weighted by Gasteiger charge is 2.39. The van der Waals surface area contributed by atoms with E-state index in [2.05, 4.69) is 10.3 Å². The zero-order valence-corrected chi connectivity index (χ0v) is 24.9. The summed E-state index contributed by atoms with van der Waals surface area (Å²) in [5, 5.41) is 12.2. The van der Waals surface area contributed by atoms with Gasteiger partial charge in [-0.1, -0.05) is 62.4 Å². The number of aliphatic hydroxyl groups is 1. The van der Waals surface area contributed by atoms with Crippen molar-refractivity contribution in [1.29, 1.82) is 0 Å². The van der Waals surface area contributed by atoms with Crippen molar-refractivity contribution < 1.29 is 36.9 Å². The minimum Gasteiger partial charge on any atom is -0.493 e. The van der Waals surface area contributed by atoms with Crippen LogP contribution in [0.15, 0.2) is 72.9 Å². The minimum atomic E-state index is -4.85. The number of hydrogen-bond acceptors (Lipinski definition) is 5. The number of rotatable bonds is 11. The molecular formula is C34H34F4N2O4. The van der Waals surface area contributed by atoms with Gasteiger partial charge in [-0.2, -0.15) is 13.2 Å². The number of pyridine rings is 1. The SMILES string of the molecule is CCOc1cc(OCc2ccccc2)ncc1-c1ccc(-c2c(NC(C)=O)ccc(CC(C)(C)CO)c2C(F)(F)F)cc1F. The molecule has 0 bridgehead atoms. The van der Waals surface area contributed by atoms with Gasteiger partial charge in [-0.25, -0.2) is 9.37 Å². The molecule has 1 heterocycles. The molecule has 232 valence electrons. The predicted molar refractivity (Wildman–Crippen MR) is 161 cm³/mol. The third-order valence-electron chi connectivity index (χ3n) is 6.90. The molecular weight excluding hydrogens is 576 g/mol. The fraction of sp³-hybridized carbons (Fsp3) is 0.294. The molecule has 3 aromatic carbocycles. The maximum Gasteiger partial charge on any atom is 0.417 e. The van der Waals surface area contributed by atoms with E-state index in [9.17, 15) is 23.1 Å². The lowest BCUT2D eigenvalue weighted by Crippen LogP contribution is -2.23. The molecule has 0 aliphatic rings. The summed E-state index contributed by atoms with van der Waals surface area (Å²) in [6, 6.07) is 17.4. The Morgan fingerprint density at radius 2 is 1.70 bits per heavy atom. The molecule has 0 atom stereocenters. The molecule has 0 radical (unpaired) electrons. The fourth-order valence-corrected chi connectivity index (χ4v) is 4.88. The van der Waals surface area contributed by atoms with Crippen LogP contribution in [0.5, 0.6) is 11.6 Å². The van der Waals surface area contributed by atoms with Gasteiger partial charge in [0.05, 0.1) is 12.2 Å². The molecule has 2 N–H and O–H groups in total. The van der Waals surface area contributed by atoms with Crippen molar-refractivity contribution in [2.24, 2.45) is 5.41 Å². The quantitative estimate of drug-likeness (QED) is 0.168. The van der Waals surface area contributed by atoms with Crippen LogP contribution in [0.25, 0.3) is 22.3 Å². The summed E-state index contributed by atoms with van der Waals surface area (Å²) < 4.78 is 71.4. The van der Waals surface area contributed by atoms with Gasteiger partial charge in [0.2, 0.25) is 11.8 Å². The Labute approximate surface area is 253 Å². The number of anilines is 1. The first-order valence-electron chi connectivity index (χ1n) is 14.0. The molecule has 1 amide bonds. The van der Waals surface area contributed by atoms with Crippen LogP contribution >= 0.6 is 0 Å². The number of aliphatic hydroxyl groups excluding tert-OH is 1. The molecule has 0 fully saturated rings. The van der Waals surface area contributed by atoms with Gasteiger partial charge in [0.1, 0.15) is 18.2 Å². The van der Waals surface area contributed by atoms with Crippen molar-refractivity contribution in [2.45, 2.75) is 46.9 Å². The van der Waals surface area contributed by atoms with E-state index in [1.165, 1.54) is 43.5 Å². The normalized spacial score (nSPS) is 11.8. The summed E-state index contributed by atoms with van der Waals surface area (Å²) in [7, 11) is 0. The van der Waals surface area contributed by atoms with Crippen molar-refractivity contribution in [1.82, 2.24) is 4.98 Å². The van der Waals surface area contributed by atoms with Crippen LogP contribution in [0.3, 0.4) is 0 Å². The van der Waals surface area contributed by atoms with Crippen LogP contribution in [0.4, 0.5) is 23.2 Å². The number of alkyl halides is 3. The highest BCUT2D eigenvalue weighted by atomic mass is 19.4. The lowest BCUT2D eigenvalue weighted by Gasteiger charge is -2.27. The highest BCUT2D eigenvalue weighted by Crippen LogP contribution is 2.46. The Bertz CT molecular complexity index is 1620. The molecule has 0 saturated carbocycles. The lowest BCUT2D eigenvalue weighted by molar-refractivity contribution is -0.137. The van der Waals surface area contributed by atoms with Crippen molar-refractivity contribution in [2.75, 3.05) is 18.5 Å². The second kappa shape index (κ2) is 13.5. The molecule has 4 aromatic rings. The van der Waals surface area contributed by atoms with Gasteiger partial charge in [-0.3, -0.25) is 4.79 Å². The summed E-state index contributed by atoms with van der Waals surface area (Å²) in [6.45, 7) is 6.41. The fourth-order valence-electron chi connectivity index (χ4n) is 4.88. The van der Waals surface area contributed by atoms with Gasteiger partial charge in [0.25, 0.3) is 0 Å². The van der Waals surface area contributed by atoms with Gasteiger partial charge in [0, 0.05) is 48.2 Å². The van der Waals surface area contributed by atoms with Crippen LogP contribution in [0.2, 0.25) is 0 Å². The van der Waals surface area contributed by atoms with Crippen LogP contribution in [0.1, 0.15) is 44.4 Å². The average Bonchev–Trinajstić information content (AvgIpc) is 2.96. The lowest BCUT2D eigenvalue weighted by atomic mass is 9.82. The Morgan fingerprint density at radius 1 is 0.977 bits per heavy atom. The number of ether oxygens (including phenoxy) is 2. The van der Waals surface area contributed by atoms with E-state index in [4.69, 9.17) is 9.47 Å². The van der Waals surface area contributed by atoms with E-state index in [0.717, 1.165) is 11.6 Å². The Balaban J connectivity index is 1.80. The molecule has 6 nitrogen and oxygen atoms in total. The molecule has 0 saturated heterocycles. The van der Waals surface area contributed by atoms with E-state index in [1.807, 2.05) is 30.3 Å². The van der Waals surface area contributed by atoms with Crippen LogP contribution in [0, 0.1) is 11.2 Å². The zero-order chi connectivity index (χ0) is 32.1. The monoisotopic (exact) mass is 610 g/mol. The first kappa shape index (κ1) is 32.5. The smallest absolute Gasteiger partial charge is 0.417 e. The Morgan fingerprint density at radius 3 is 2.32 bits per heavy atom. The first-order valence-corrected chi connectivity index (χ1v) is 14.0. The first-order chi connectivity index (χ1) is 20.8. The molecule has 0 spiro atoms. The second-order valence-electron chi connectivity index (χ2n) is 11.1. The number of halogens is 4. The third kappa shape index (κ3) is 7.74. The molecule has 0 unspecified atom stereocenters. The van der Waals surface area contributed by atoms with Gasteiger partial charge < -0.3 is 19.9 Å². The average molecular weight is 611 g/mol. The van der Waals surface area contributed by atoms with Crippen LogP contribution in [-0.4, -0.2) is 29.2 Å². The van der Waals surface area contributed by atoms with Gasteiger partial charge in [-0.15, -0.1) is 0 Å². The second-order valence-corrected chi connectivity index (χ2v) is 11.1. The van der Waals surface area contributed by atoms with E-state index in [-0.39, 0.29) is 60.1 Å². The van der Waals surface area contributed by atoms with Crippen LogP contribution < -0.4 is 14.8 Å². The molecule has 4 rings (SSSR count). The number of carbonyl (C=O) groups excluding carboxylic acids is 1. The number of aromatic nitrogens is 1. The summed E-state index contributed by atoms with van der Waals surface area (Å²) >= 11 is 0. The number of nitrogens with zero attached hydrogens (tertiary/aromatic N) is 1. The molecule has 0 aliphatic heterocycles. The van der Waals surface area contributed by atoms with Crippen molar-refractivity contribution in [3.05, 3.63) is 95.4 Å². The number of carbonyl (C=O) groups is 1. The number of amides is 1. The summed E-state index contributed by atoms with van der Waals surface area (Å²) in [4.78, 5) is 16.2. The summed E-state index contributed by atoms with van der Waals surface area (Å²) in [5.41, 5.74) is -1.23. The third-order valence-corrected chi connectivity index (χ3v) is 6.90. The number of benzene rings is 3. The molecule has 44 heavy (non-hydrogen) atoms.